The first-order valence-electron chi connectivity index (χ1n) is 8.22. The molecule has 1 aliphatic rings. The molecule has 8 heteroatoms. The van der Waals surface area contributed by atoms with E-state index in [2.05, 4.69) is 46.3 Å². The van der Waals surface area contributed by atoms with E-state index in [9.17, 15) is 4.79 Å². The van der Waals surface area contributed by atoms with Crippen LogP contribution in [0.25, 0.3) is 0 Å². The minimum atomic E-state index is -0.0972. The second-order valence-corrected chi connectivity index (χ2v) is 8.21. The lowest BCUT2D eigenvalue weighted by Crippen LogP contribution is -2.44. The number of piperidine rings is 1. The molecule has 1 N–H and O–H groups in total. The summed E-state index contributed by atoms with van der Waals surface area (Å²) < 4.78 is 1.64. The average molecular weight is 348 g/mol. The highest BCUT2D eigenvalue weighted by Gasteiger charge is 2.26. The van der Waals surface area contributed by atoms with Gasteiger partial charge in [-0.1, -0.05) is 32.1 Å². The maximum atomic E-state index is 12.2. The summed E-state index contributed by atoms with van der Waals surface area (Å²) in [6.45, 7) is 8.21. The Morgan fingerprint density at radius 2 is 2.00 bits per heavy atom. The minimum Gasteiger partial charge on any atom is -0.348 e. The number of carbonyl (C=O) groups is 1. The first kappa shape index (κ1) is 16.9. The van der Waals surface area contributed by atoms with Gasteiger partial charge >= 0.3 is 0 Å². The number of hydrogen-bond acceptors (Lipinski definition) is 6. The predicted octanol–water partition coefficient (Wildman–Crippen LogP) is 1.97. The summed E-state index contributed by atoms with van der Waals surface area (Å²) in [6.07, 6.45) is 3.59. The molecule has 0 unspecified atom stereocenters. The normalized spacial score (nSPS) is 16.4. The van der Waals surface area contributed by atoms with Gasteiger partial charge in [0.1, 0.15) is 10.7 Å². The van der Waals surface area contributed by atoms with Crippen molar-refractivity contribution in [1.82, 2.24) is 25.3 Å². The number of amides is 1. The zero-order valence-corrected chi connectivity index (χ0v) is 15.4. The molecule has 24 heavy (non-hydrogen) atoms. The van der Waals surface area contributed by atoms with Crippen molar-refractivity contribution in [1.29, 1.82) is 0 Å². The molecule has 1 saturated heterocycles. The van der Waals surface area contributed by atoms with Crippen LogP contribution in [-0.4, -0.2) is 45.0 Å². The van der Waals surface area contributed by atoms with Gasteiger partial charge in [0.15, 0.2) is 0 Å². The topological polar surface area (TPSA) is 75.9 Å². The quantitative estimate of drug-likeness (QED) is 0.918. The number of nitrogens with one attached hydrogen (secondary N) is 1. The summed E-state index contributed by atoms with van der Waals surface area (Å²) in [5.41, 5.74) is 0.504. The molecule has 7 nitrogen and oxygen atoms in total. The Hall–Kier alpha value is -1.96. The van der Waals surface area contributed by atoms with Crippen LogP contribution in [-0.2, 0) is 12.5 Å². The van der Waals surface area contributed by atoms with Gasteiger partial charge in [0.05, 0.1) is 0 Å². The van der Waals surface area contributed by atoms with E-state index in [-0.39, 0.29) is 17.4 Å². The molecule has 3 rings (SSSR count). The van der Waals surface area contributed by atoms with Crippen LogP contribution in [0.4, 0.5) is 5.13 Å². The van der Waals surface area contributed by atoms with Crippen molar-refractivity contribution in [2.75, 3.05) is 18.0 Å². The maximum Gasteiger partial charge on any atom is 0.271 e. The Morgan fingerprint density at radius 3 is 2.54 bits per heavy atom. The smallest absolute Gasteiger partial charge is 0.271 e. The Balaban J connectivity index is 1.54. The van der Waals surface area contributed by atoms with Crippen molar-refractivity contribution in [3.8, 4) is 0 Å². The molecule has 1 aliphatic heterocycles. The third kappa shape index (κ3) is 3.75. The number of carbonyl (C=O) groups excluding carboxylic acids is 1. The molecule has 3 heterocycles. The van der Waals surface area contributed by atoms with Crippen molar-refractivity contribution in [3.63, 3.8) is 0 Å². The molecule has 0 atom stereocenters. The van der Waals surface area contributed by atoms with Gasteiger partial charge in [-0.15, -0.1) is 10.2 Å². The monoisotopic (exact) mass is 348 g/mol. The van der Waals surface area contributed by atoms with E-state index in [4.69, 9.17) is 0 Å². The standard InChI is InChI=1S/C16H24N6OS/c1-16(2,3)14-18-19-15(24-14)22-9-5-11(6-10-22)17-13(23)12-7-8-21(4)20-12/h7-8,11H,5-6,9-10H2,1-4H3,(H,17,23). The summed E-state index contributed by atoms with van der Waals surface area (Å²) in [5.74, 6) is -0.0972. The molecule has 2 aromatic rings. The molecule has 1 fully saturated rings. The second kappa shape index (κ2) is 6.51. The fourth-order valence-electron chi connectivity index (χ4n) is 2.66. The fraction of sp³-hybridized carbons (Fsp3) is 0.625. The van der Waals surface area contributed by atoms with Crippen molar-refractivity contribution in [2.24, 2.45) is 7.05 Å². The number of aryl methyl sites for hydroxylation is 1. The lowest BCUT2D eigenvalue weighted by atomic mass is 9.98. The SMILES string of the molecule is Cn1ccc(C(=O)NC2CCN(c3nnc(C(C)(C)C)s3)CC2)n1. The van der Waals surface area contributed by atoms with Gasteiger partial charge in [0.25, 0.3) is 5.91 Å². The summed E-state index contributed by atoms with van der Waals surface area (Å²) >= 11 is 1.66. The van der Waals surface area contributed by atoms with Gasteiger partial charge in [0, 0.05) is 37.8 Å². The van der Waals surface area contributed by atoms with Crippen LogP contribution in [0.1, 0.15) is 49.1 Å². The second-order valence-electron chi connectivity index (χ2n) is 7.25. The van der Waals surface area contributed by atoms with Crippen LogP contribution in [0, 0.1) is 0 Å². The van der Waals surface area contributed by atoms with Crippen molar-refractivity contribution in [2.45, 2.75) is 45.1 Å². The number of nitrogens with zero attached hydrogens (tertiary/aromatic N) is 5. The average Bonchev–Trinajstić information content (AvgIpc) is 3.16. The van der Waals surface area contributed by atoms with E-state index in [1.54, 1.807) is 28.3 Å². The van der Waals surface area contributed by atoms with Gasteiger partial charge in [-0.3, -0.25) is 9.48 Å². The largest absolute Gasteiger partial charge is 0.348 e. The number of anilines is 1. The fourth-order valence-corrected chi connectivity index (χ4v) is 3.61. The molecule has 0 bridgehead atoms. The van der Waals surface area contributed by atoms with Gasteiger partial charge in [0.2, 0.25) is 5.13 Å². The molecule has 1 amide bonds. The summed E-state index contributed by atoms with van der Waals surface area (Å²) in [6, 6.07) is 1.92. The lowest BCUT2D eigenvalue weighted by Gasteiger charge is -2.31. The van der Waals surface area contributed by atoms with Crippen LogP contribution in [0.5, 0.6) is 0 Å². The van der Waals surface area contributed by atoms with Crippen LogP contribution in [0.3, 0.4) is 0 Å². The van der Waals surface area contributed by atoms with Crippen LogP contribution < -0.4 is 10.2 Å². The maximum absolute atomic E-state index is 12.2. The Labute approximate surface area is 146 Å². The Morgan fingerprint density at radius 1 is 1.29 bits per heavy atom. The number of rotatable bonds is 3. The Bertz CT molecular complexity index is 708. The molecule has 0 radical (unpaired) electrons. The first-order chi connectivity index (χ1) is 11.3. The molecule has 0 saturated carbocycles. The van der Waals surface area contributed by atoms with Crippen molar-refractivity contribution in [3.05, 3.63) is 23.0 Å². The minimum absolute atomic E-state index is 0.0326. The van der Waals surface area contributed by atoms with Crippen LogP contribution in [0.15, 0.2) is 12.3 Å². The highest BCUT2D eigenvalue weighted by molar-refractivity contribution is 7.15. The Kier molecular flexibility index (Phi) is 4.58. The van der Waals surface area contributed by atoms with E-state index < -0.39 is 0 Å². The summed E-state index contributed by atoms with van der Waals surface area (Å²) in [7, 11) is 1.81. The van der Waals surface area contributed by atoms with E-state index >= 15 is 0 Å². The van der Waals surface area contributed by atoms with E-state index in [1.807, 2.05) is 7.05 Å². The summed E-state index contributed by atoms with van der Waals surface area (Å²) in [4.78, 5) is 14.4. The number of aromatic nitrogens is 4. The molecular formula is C16H24N6OS. The molecule has 130 valence electrons. The predicted molar refractivity (Wildman–Crippen MR) is 94.5 cm³/mol. The van der Waals surface area contributed by atoms with E-state index in [1.165, 1.54) is 0 Å². The van der Waals surface area contributed by atoms with Gasteiger partial charge < -0.3 is 10.2 Å². The highest BCUT2D eigenvalue weighted by atomic mass is 32.1. The summed E-state index contributed by atoms with van der Waals surface area (Å²) in [5, 5.41) is 17.9. The molecular weight excluding hydrogens is 324 g/mol. The van der Waals surface area contributed by atoms with E-state index in [0.717, 1.165) is 36.1 Å². The van der Waals surface area contributed by atoms with E-state index in [0.29, 0.717) is 5.69 Å². The molecule has 2 aromatic heterocycles. The first-order valence-corrected chi connectivity index (χ1v) is 9.04. The van der Waals surface area contributed by atoms with Crippen molar-refractivity contribution < 1.29 is 4.79 Å². The van der Waals surface area contributed by atoms with Gasteiger partial charge in [-0.2, -0.15) is 5.10 Å². The van der Waals surface area contributed by atoms with Gasteiger partial charge in [-0.25, -0.2) is 0 Å². The van der Waals surface area contributed by atoms with Gasteiger partial charge in [-0.05, 0) is 18.9 Å². The zero-order chi connectivity index (χ0) is 17.3. The molecule has 0 aromatic carbocycles. The number of hydrogen-bond donors (Lipinski definition) is 1. The van der Waals surface area contributed by atoms with Crippen LogP contribution >= 0.6 is 11.3 Å². The third-order valence-electron chi connectivity index (χ3n) is 4.10. The molecule has 0 spiro atoms. The zero-order valence-electron chi connectivity index (χ0n) is 14.6. The molecule has 0 aliphatic carbocycles. The lowest BCUT2D eigenvalue weighted by molar-refractivity contribution is 0.0925. The van der Waals surface area contributed by atoms with Crippen molar-refractivity contribution >= 4 is 22.4 Å². The van der Waals surface area contributed by atoms with Crippen LogP contribution in [0.2, 0.25) is 0 Å². The highest BCUT2D eigenvalue weighted by Crippen LogP contribution is 2.31. The third-order valence-corrected chi connectivity index (χ3v) is 5.51.